The molecule has 0 aromatic heterocycles. The summed E-state index contributed by atoms with van der Waals surface area (Å²) in [6.45, 7) is 4.51. The van der Waals surface area contributed by atoms with Crippen molar-refractivity contribution in [2.45, 2.75) is 219 Å². The molecule has 0 aromatic rings. The Morgan fingerprint density at radius 2 is 0.558 bits per heavy atom. The van der Waals surface area contributed by atoms with Crippen molar-refractivity contribution in [2.75, 3.05) is 0 Å². The molecule has 0 aliphatic heterocycles. The molecule has 7 heteroatoms. The second kappa shape index (κ2) is 39.5. The van der Waals surface area contributed by atoms with Crippen LogP contribution in [0.3, 0.4) is 0 Å². The molecule has 252 valence electrons. The summed E-state index contributed by atoms with van der Waals surface area (Å²) in [6.07, 6.45) is 33.9. The SMILES string of the molecule is CCCCCCCCCCCCCCCCC(O)C(=O)[O-].CCCCCCCCCCCCCCCCC(O)C(=O)[O-].[Zn+2]. The fourth-order valence-electron chi connectivity index (χ4n) is 5.30. The molecule has 2 unspecified atom stereocenters. The van der Waals surface area contributed by atoms with E-state index in [0.29, 0.717) is 12.8 Å². The van der Waals surface area contributed by atoms with E-state index >= 15 is 0 Å². The van der Waals surface area contributed by atoms with Gasteiger partial charge in [-0.15, -0.1) is 0 Å². The Morgan fingerprint density at radius 3 is 0.721 bits per heavy atom. The fraction of sp³-hybridized carbons (Fsp3) is 0.944. The summed E-state index contributed by atoms with van der Waals surface area (Å²) in [5.41, 5.74) is 0. The summed E-state index contributed by atoms with van der Waals surface area (Å²) in [4.78, 5) is 20.6. The predicted molar refractivity (Wildman–Crippen MR) is 172 cm³/mol. The van der Waals surface area contributed by atoms with Crippen LogP contribution in [-0.2, 0) is 29.1 Å². The van der Waals surface area contributed by atoms with Crippen molar-refractivity contribution in [3.63, 3.8) is 0 Å². The van der Waals surface area contributed by atoms with E-state index in [0.717, 1.165) is 38.5 Å². The van der Waals surface area contributed by atoms with Gasteiger partial charge in [0.15, 0.2) is 0 Å². The van der Waals surface area contributed by atoms with E-state index in [-0.39, 0.29) is 19.5 Å². The number of carboxylic acid groups (broad SMARTS) is 2. The van der Waals surface area contributed by atoms with Crippen LogP contribution in [-0.4, -0.2) is 34.4 Å². The summed E-state index contributed by atoms with van der Waals surface area (Å²) < 4.78 is 0. The molecule has 0 saturated carbocycles. The Morgan fingerprint density at radius 1 is 0.395 bits per heavy atom. The average Bonchev–Trinajstić information content (AvgIpc) is 2.97. The van der Waals surface area contributed by atoms with Gasteiger partial charge in [-0.25, -0.2) is 0 Å². The molecular weight excluding hydrogens is 594 g/mol. The third kappa shape index (κ3) is 41.5. The first-order valence-electron chi connectivity index (χ1n) is 18.1. The fourth-order valence-corrected chi connectivity index (χ4v) is 5.30. The number of carbonyl (C=O) groups is 2. The Hall–Kier alpha value is -0.517. The van der Waals surface area contributed by atoms with E-state index in [1.165, 1.54) is 141 Å². The van der Waals surface area contributed by atoms with Crippen LogP contribution in [0.4, 0.5) is 0 Å². The molecule has 0 radical (unpaired) electrons. The van der Waals surface area contributed by atoms with Crippen LogP contribution in [0, 0.1) is 0 Å². The third-order valence-corrected chi connectivity index (χ3v) is 8.21. The van der Waals surface area contributed by atoms with Crippen molar-refractivity contribution >= 4 is 11.9 Å². The maximum atomic E-state index is 10.3. The van der Waals surface area contributed by atoms with Gasteiger partial charge >= 0.3 is 19.5 Å². The van der Waals surface area contributed by atoms with E-state index in [2.05, 4.69) is 13.8 Å². The van der Waals surface area contributed by atoms with Crippen molar-refractivity contribution in [1.82, 2.24) is 0 Å². The second-order valence-corrected chi connectivity index (χ2v) is 12.4. The van der Waals surface area contributed by atoms with Crippen LogP contribution < -0.4 is 10.2 Å². The van der Waals surface area contributed by atoms with Crippen LogP contribution >= 0.6 is 0 Å². The van der Waals surface area contributed by atoms with Crippen LogP contribution in [0.5, 0.6) is 0 Å². The van der Waals surface area contributed by atoms with E-state index in [1.54, 1.807) is 0 Å². The molecule has 0 aromatic carbocycles. The van der Waals surface area contributed by atoms with Crippen LogP contribution in [0.2, 0.25) is 0 Å². The zero-order valence-electron chi connectivity index (χ0n) is 28.6. The summed E-state index contributed by atoms with van der Waals surface area (Å²) in [5, 5.41) is 38.7. The minimum Gasteiger partial charge on any atom is -0.547 e. The van der Waals surface area contributed by atoms with Crippen molar-refractivity contribution in [3.05, 3.63) is 0 Å². The molecule has 0 bridgehead atoms. The molecule has 0 rings (SSSR count). The van der Waals surface area contributed by atoms with Gasteiger partial charge < -0.3 is 30.0 Å². The Balaban J connectivity index is -0.000000727. The largest absolute Gasteiger partial charge is 2.00 e. The number of aliphatic carboxylic acids is 2. The second-order valence-electron chi connectivity index (χ2n) is 12.4. The number of aliphatic hydroxyl groups is 2. The van der Waals surface area contributed by atoms with Crippen LogP contribution in [0.1, 0.15) is 206 Å². The van der Waals surface area contributed by atoms with Gasteiger partial charge in [-0.2, -0.15) is 0 Å². The first-order chi connectivity index (χ1) is 20.4. The van der Waals surface area contributed by atoms with E-state index < -0.39 is 24.1 Å². The zero-order valence-corrected chi connectivity index (χ0v) is 31.6. The first kappa shape index (κ1) is 46.9. The molecule has 0 aliphatic rings. The molecular formula is C36H70O6Zn. The minimum atomic E-state index is -1.34. The molecule has 0 spiro atoms. The smallest absolute Gasteiger partial charge is 0.547 e. The van der Waals surface area contributed by atoms with Crippen LogP contribution in [0.25, 0.3) is 0 Å². The molecule has 0 aliphatic carbocycles. The Bertz CT molecular complexity index is 512. The summed E-state index contributed by atoms with van der Waals surface area (Å²) in [7, 11) is 0. The van der Waals surface area contributed by atoms with E-state index in [4.69, 9.17) is 10.2 Å². The average molecular weight is 664 g/mol. The summed E-state index contributed by atoms with van der Waals surface area (Å²) in [5.74, 6) is -2.69. The third-order valence-electron chi connectivity index (χ3n) is 8.21. The molecule has 2 atom stereocenters. The van der Waals surface area contributed by atoms with Gasteiger partial charge in [0, 0.05) is 0 Å². The Labute approximate surface area is 279 Å². The topological polar surface area (TPSA) is 121 Å². The van der Waals surface area contributed by atoms with Gasteiger partial charge in [-0.3, -0.25) is 0 Å². The number of hydrogen-bond acceptors (Lipinski definition) is 6. The molecule has 0 heterocycles. The molecule has 0 saturated heterocycles. The molecule has 0 amide bonds. The summed E-state index contributed by atoms with van der Waals surface area (Å²) in [6, 6.07) is 0. The van der Waals surface area contributed by atoms with Crippen LogP contribution in [0.15, 0.2) is 0 Å². The monoisotopic (exact) mass is 662 g/mol. The zero-order chi connectivity index (χ0) is 31.5. The molecule has 0 fully saturated rings. The van der Waals surface area contributed by atoms with Gasteiger partial charge in [0.2, 0.25) is 0 Å². The van der Waals surface area contributed by atoms with Gasteiger partial charge in [-0.1, -0.05) is 194 Å². The normalized spacial score (nSPS) is 12.2. The Kier molecular flexibility index (Phi) is 43.1. The minimum absolute atomic E-state index is 0. The number of aliphatic hydroxyl groups excluding tert-OH is 2. The summed E-state index contributed by atoms with van der Waals surface area (Å²) >= 11 is 0. The van der Waals surface area contributed by atoms with Gasteiger partial charge in [-0.05, 0) is 12.8 Å². The van der Waals surface area contributed by atoms with Gasteiger partial charge in [0.25, 0.3) is 0 Å². The van der Waals surface area contributed by atoms with Crippen molar-refractivity contribution < 1.29 is 49.5 Å². The number of carbonyl (C=O) groups excluding carboxylic acids is 2. The van der Waals surface area contributed by atoms with Crippen molar-refractivity contribution in [3.8, 4) is 0 Å². The van der Waals surface area contributed by atoms with Gasteiger partial charge in [0.05, 0.1) is 24.1 Å². The van der Waals surface area contributed by atoms with E-state index in [1.807, 2.05) is 0 Å². The molecule has 43 heavy (non-hydrogen) atoms. The maximum Gasteiger partial charge on any atom is 2.00 e. The molecule has 2 N–H and O–H groups in total. The standard InChI is InChI=1S/2C18H36O3.Zn/c2*1-2-3-4-5-6-7-8-9-10-11-12-13-14-15-16-17(19)18(20)21;/h2*17,19H,2-16H2,1H3,(H,20,21);/q;;+2/p-2. The molecule has 6 nitrogen and oxygen atoms in total. The number of hydrogen-bond donors (Lipinski definition) is 2. The first-order valence-corrected chi connectivity index (χ1v) is 18.1. The van der Waals surface area contributed by atoms with E-state index in [9.17, 15) is 19.8 Å². The predicted octanol–water partition coefficient (Wildman–Crippen LogP) is 7.93. The number of rotatable bonds is 32. The van der Waals surface area contributed by atoms with Crippen molar-refractivity contribution in [1.29, 1.82) is 0 Å². The van der Waals surface area contributed by atoms with Crippen molar-refractivity contribution in [2.24, 2.45) is 0 Å². The number of unbranched alkanes of at least 4 members (excludes halogenated alkanes) is 26. The van der Waals surface area contributed by atoms with Gasteiger partial charge in [0.1, 0.15) is 0 Å². The maximum absolute atomic E-state index is 10.3. The quantitative estimate of drug-likeness (QED) is 0.0557. The number of carboxylic acids is 2.